The minimum Gasteiger partial charge on any atom is -0.258 e. The van der Waals surface area contributed by atoms with Gasteiger partial charge in [-0.1, -0.05) is 15.9 Å². The first-order valence-electron chi connectivity index (χ1n) is 3.87. The van der Waals surface area contributed by atoms with E-state index >= 15 is 0 Å². The van der Waals surface area contributed by atoms with E-state index < -0.39 is 4.92 Å². The van der Waals surface area contributed by atoms with Gasteiger partial charge in [0.25, 0.3) is 5.69 Å². The van der Waals surface area contributed by atoms with Crippen LogP contribution in [-0.4, -0.2) is 4.92 Å². The van der Waals surface area contributed by atoms with Gasteiger partial charge in [0.15, 0.2) is 0 Å². The molecule has 14 heavy (non-hydrogen) atoms. The van der Waals surface area contributed by atoms with Crippen molar-refractivity contribution in [1.29, 1.82) is 5.26 Å². The van der Waals surface area contributed by atoms with Crippen molar-refractivity contribution in [3.63, 3.8) is 0 Å². The SMILES string of the molecule is Cc1c(Br)ccc([N+](=O)[O-])c1CC#N. The van der Waals surface area contributed by atoms with Gasteiger partial charge in [-0.05, 0) is 18.6 Å². The van der Waals surface area contributed by atoms with Crippen LogP contribution in [0.15, 0.2) is 16.6 Å². The molecule has 0 saturated heterocycles. The van der Waals surface area contributed by atoms with E-state index in [1.165, 1.54) is 6.07 Å². The third-order valence-corrected chi connectivity index (χ3v) is 2.82. The lowest BCUT2D eigenvalue weighted by Crippen LogP contribution is -1.98. The zero-order chi connectivity index (χ0) is 10.7. The van der Waals surface area contributed by atoms with Crippen molar-refractivity contribution in [1.82, 2.24) is 0 Å². The van der Waals surface area contributed by atoms with Crippen molar-refractivity contribution < 1.29 is 4.92 Å². The van der Waals surface area contributed by atoms with E-state index in [0.29, 0.717) is 5.56 Å². The van der Waals surface area contributed by atoms with Gasteiger partial charge in [-0.3, -0.25) is 10.1 Å². The van der Waals surface area contributed by atoms with Gasteiger partial charge in [0.05, 0.1) is 17.4 Å². The molecule has 0 spiro atoms. The van der Waals surface area contributed by atoms with E-state index in [9.17, 15) is 10.1 Å². The third-order valence-electron chi connectivity index (χ3n) is 1.96. The Balaban J connectivity index is 3.39. The summed E-state index contributed by atoms with van der Waals surface area (Å²) in [6.07, 6.45) is 0.0571. The quantitative estimate of drug-likeness (QED) is 0.602. The van der Waals surface area contributed by atoms with Crippen LogP contribution in [0.3, 0.4) is 0 Å². The Morgan fingerprint density at radius 1 is 1.64 bits per heavy atom. The number of rotatable bonds is 2. The highest BCUT2D eigenvalue weighted by atomic mass is 79.9. The van der Waals surface area contributed by atoms with Crippen molar-refractivity contribution >= 4 is 21.6 Å². The zero-order valence-electron chi connectivity index (χ0n) is 7.45. The second-order valence-corrected chi connectivity index (χ2v) is 3.62. The van der Waals surface area contributed by atoms with Crippen molar-refractivity contribution in [2.75, 3.05) is 0 Å². The summed E-state index contributed by atoms with van der Waals surface area (Å²) in [6, 6.07) is 4.95. The van der Waals surface area contributed by atoms with E-state index in [1.807, 2.05) is 6.07 Å². The molecule has 0 aromatic heterocycles. The highest BCUT2D eigenvalue weighted by Crippen LogP contribution is 2.28. The van der Waals surface area contributed by atoms with Gasteiger partial charge in [-0.2, -0.15) is 5.26 Å². The van der Waals surface area contributed by atoms with Crippen LogP contribution in [0.5, 0.6) is 0 Å². The predicted octanol–water partition coefficient (Wildman–Crippen LogP) is 2.73. The zero-order valence-corrected chi connectivity index (χ0v) is 9.04. The molecule has 0 aliphatic carbocycles. The maximum Gasteiger partial charge on any atom is 0.273 e. The monoisotopic (exact) mass is 254 g/mol. The van der Waals surface area contributed by atoms with Crippen molar-refractivity contribution in [2.45, 2.75) is 13.3 Å². The molecule has 1 rings (SSSR count). The Kier molecular flexibility index (Phi) is 3.20. The molecule has 72 valence electrons. The standard InChI is InChI=1S/C9H7BrN2O2/c1-6-7(4-5-11)9(12(13)14)3-2-8(6)10/h2-3H,4H2,1H3. The summed E-state index contributed by atoms with van der Waals surface area (Å²) in [4.78, 5) is 10.2. The molecule has 0 aliphatic rings. The van der Waals surface area contributed by atoms with Crippen LogP contribution in [0.25, 0.3) is 0 Å². The highest BCUT2D eigenvalue weighted by Gasteiger charge is 2.16. The third kappa shape index (κ3) is 1.91. The first-order chi connectivity index (χ1) is 6.57. The molecule has 5 heteroatoms. The fourth-order valence-electron chi connectivity index (χ4n) is 1.19. The second-order valence-electron chi connectivity index (χ2n) is 2.76. The van der Waals surface area contributed by atoms with Crippen LogP contribution in [0.2, 0.25) is 0 Å². The average Bonchev–Trinajstić information content (AvgIpc) is 2.13. The van der Waals surface area contributed by atoms with Crippen molar-refractivity contribution in [2.24, 2.45) is 0 Å². The summed E-state index contributed by atoms with van der Waals surface area (Å²) < 4.78 is 0.786. The summed E-state index contributed by atoms with van der Waals surface area (Å²) in [6.45, 7) is 1.75. The molecule has 0 amide bonds. The van der Waals surface area contributed by atoms with Crippen LogP contribution < -0.4 is 0 Å². The fourth-order valence-corrected chi connectivity index (χ4v) is 1.56. The first kappa shape index (κ1) is 10.7. The maximum atomic E-state index is 10.6. The van der Waals surface area contributed by atoms with E-state index in [-0.39, 0.29) is 12.1 Å². The summed E-state index contributed by atoms with van der Waals surface area (Å²) in [5, 5.41) is 19.2. The molecule has 1 aromatic rings. The van der Waals surface area contributed by atoms with Gasteiger partial charge in [0, 0.05) is 16.1 Å². The predicted molar refractivity (Wildman–Crippen MR) is 54.9 cm³/mol. The molecule has 0 aliphatic heterocycles. The van der Waals surface area contributed by atoms with Crippen LogP contribution in [0.4, 0.5) is 5.69 Å². The van der Waals surface area contributed by atoms with Crippen LogP contribution in [-0.2, 0) is 6.42 Å². The minimum absolute atomic E-state index is 0.00671. The average molecular weight is 255 g/mol. The molecule has 0 N–H and O–H groups in total. The summed E-state index contributed by atoms with van der Waals surface area (Å²) in [5.74, 6) is 0. The molecule has 0 heterocycles. The van der Waals surface area contributed by atoms with Gasteiger partial charge >= 0.3 is 0 Å². The number of nitriles is 1. The summed E-state index contributed by atoms with van der Waals surface area (Å²) in [5.41, 5.74) is 1.24. The molecule has 1 aromatic carbocycles. The number of halogens is 1. The largest absolute Gasteiger partial charge is 0.273 e. The van der Waals surface area contributed by atoms with Gasteiger partial charge < -0.3 is 0 Å². The topological polar surface area (TPSA) is 66.9 Å². The Labute approximate surface area is 89.4 Å². The molecule has 4 nitrogen and oxygen atoms in total. The number of benzene rings is 1. The number of hydrogen-bond donors (Lipinski definition) is 0. The molecular weight excluding hydrogens is 248 g/mol. The number of nitro benzene ring substituents is 1. The van der Waals surface area contributed by atoms with Crippen LogP contribution in [0.1, 0.15) is 11.1 Å². The smallest absolute Gasteiger partial charge is 0.258 e. The van der Waals surface area contributed by atoms with E-state index in [0.717, 1.165) is 10.0 Å². The maximum absolute atomic E-state index is 10.6. The summed E-state index contributed by atoms with van der Waals surface area (Å²) >= 11 is 3.27. The van der Waals surface area contributed by atoms with Gasteiger partial charge in [-0.25, -0.2) is 0 Å². The molecule has 0 atom stereocenters. The lowest BCUT2D eigenvalue weighted by atomic mass is 10.0. The van der Waals surface area contributed by atoms with Crippen molar-refractivity contribution in [3.8, 4) is 6.07 Å². The molecule has 0 bridgehead atoms. The lowest BCUT2D eigenvalue weighted by Gasteiger charge is -2.04. The number of hydrogen-bond acceptors (Lipinski definition) is 3. The Hall–Kier alpha value is -1.41. The Morgan fingerprint density at radius 2 is 2.29 bits per heavy atom. The fraction of sp³-hybridized carbons (Fsp3) is 0.222. The van der Waals surface area contributed by atoms with E-state index in [1.54, 1.807) is 13.0 Å². The molecule has 0 fully saturated rings. The highest BCUT2D eigenvalue weighted by molar-refractivity contribution is 9.10. The molecule has 0 saturated carbocycles. The lowest BCUT2D eigenvalue weighted by molar-refractivity contribution is -0.385. The summed E-state index contributed by atoms with van der Waals surface area (Å²) in [7, 11) is 0. The minimum atomic E-state index is -0.466. The normalized spacial score (nSPS) is 9.50. The van der Waals surface area contributed by atoms with Gasteiger partial charge in [0.2, 0.25) is 0 Å². The van der Waals surface area contributed by atoms with Crippen LogP contribution in [0, 0.1) is 28.4 Å². The molecule has 0 unspecified atom stereocenters. The van der Waals surface area contributed by atoms with E-state index in [2.05, 4.69) is 15.9 Å². The Bertz CT molecular complexity index is 424. The Morgan fingerprint density at radius 3 is 2.79 bits per heavy atom. The number of nitro groups is 1. The molecular formula is C9H7BrN2O2. The van der Waals surface area contributed by atoms with Crippen LogP contribution >= 0.6 is 15.9 Å². The second kappa shape index (κ2) is 4.20. The van der Waals surface area contributed by atoms with E-state index in [4.69, 9.17) is 5.26 Å². The van der Waals surface area contributed by atoms with Gasteiger partial charge in [-0.15, -0.1) is 0 Å². The van der Waals surface area contributed by atoms with Crippen molar-refractivity contribution in [3.05, 3.63) is 37.8 Å². The van der Waals surface area contributed by atoms with Gasteiger partial charge in [0.1, 0.15) is 0 Å². The molecule has 0 radical (unpaired) electrons. The first-order valence-corrected chi connectivity index (χ1v) is 4.66. The number of nitrogens with zero attached hydrogens (tertiary/aromatic N) is 2.